The van der Waals surface area contributed by atoms with Crippen LogP contribution in [0.2, 0.25) is 0 Å². The highest BCUT2D eigenvalue weighted by Gasteiger charge is 2.53. The first-order valence-corrected chi connectivity index (χ1v) is 10.8. The molecule has 29 heavy (non-hydrogen) atoms. The van der Waals surface area contributed by atoms with Gasteiger partial charge in [-0.25, -0.2) is 4.79 Å². The lowest BCUT2D eigenvalue weighted by Gasteiger charge is -2.29. The van der Waals surface area contributed by atoms with E-state index in [1.54, 1.807) is 22.7 Å². The Morgan fingerprint density at radius 3 is 2.83 bits per heavy atom. The Balaban J connectivity index is 1.28. The van der Waals surface area contributed by atoms with Gasteiger partial charge in [0.2, 0.25) is 5.91 Å². The van der Waals surface area contributed by atoms with Crippen LogP contribution in [0.4, 0.5) is 0 Å². The molecule has 2 heterocycles. The fourth-order valence-electron chi connectivity index (χ4n) is 4.61. The van der Waals surface area contributed by atoms with Gasteiger partial charge in [0.1, 0.15) is 6.04 Å². The molecular weight excluding hydrogens is 386 g/mol. The first kappa shape index (κ1) is 18.4. The molecule has 1 aliphatic carbocycles. The molecule has 0 bridgehead atoms. The van der Waals surface area contributed by atoms with Crippen LogP contribution >= 0.6 is 11.8 Å². The van der Waals surface area contributed by atoms with E-state index in [-0.39, 0.29) is 23.2 Å². The van der Waals surface area contributed by atoms with E-state index in [2.05, 4.69) is 12.1 Å². The number of carbonyl (C=O) groups is 3. The van der Waals surface area contributed by atoms with Crippen molar-refractivity contribution in [3.8, 4) is 11.1 Å². The van der Waals surface area contributed by atoms with E-state index < -0.39 is 12.0 Å². The minimum atomic E-state index is -0.598. The number of esters is 1. The fourth-order valence-corrected chi connectivity index (χ4v) is 6.03. The molecule has 2 aliphatic heterocycles. The van der Waals surface area contributed by atoms with Gasteiger partial charge in [-0.1, -0.05) is 36.4 Å². The van der Waals surface area contributed by atoms with Crippen LogP contribution in [0.5, 0.6) is 0 Å². The van der Waals surface area contributed by atoms with Crippen molar-refractivity contribution < 1.29 is 19.1 Å². The number of fused-ring (bicyclic) bond motifs is 4. The van der Waals surface area contributed by atoms with Gasteiger partial charge in [-0.3, -0.25) is 9.59 Å². The molecule has 0 saturated carbocycles. The van der Waals surface area contributed by atoms with Crippen LogP contribution in [0.3, 0.4) is 0 Å². The summed E-state index contributed by atoms with van der Waals surface area (Å²) < 4.78 is 5.34. The minimum absolute atomic E-state index is 0.0111. The Morgan fingerprint density at radius 1 is 1.17 bits per heavy atom. The number of hydrogen-bond acceptors (Lipinski definition) is 5. The number of benzene rings is 2. The second-order valence-electron chi connectivity index (χ2n) is 8.00. The van der Waals surface area contributed by atoms with E-state index in [9.17, 15) is 14.4 Å². The van der Waals surface area contributed by atoms with Crippen LogP contribution in [-0.2, 0) is 20.7 Å². The predicted molar refractivity (Wildman–Crippen MR) is 111 cm³/mol. The first-order valence-electron chi connectivity index (χ1n) is 9.83. The van der Waals surface area contributed by atoms with Crippen molar-refractivity contribution in [3.63, 3.8) is 0 Å². The SMILES string of the molecule is C[C@]12CCC(=O)N1[C@@H](C(=O)OCC(=O)c1ccc3c(c1)-c1ccccc1C3)CS2. The van der Waals surface area contributed by atoms with Crippen molar-refractivity contribution in [2.75, 3.05) is 12.4 Å². The van der Waals surface area contributed by atoms with Gasteiger partial charge in [-0.2, -0.15) is 0 Å². The molecule has 0 N–H and O–H groups in total. The maximum Gasteiger partial charge on any atom is 0.330 e. The van der Waals surface area contributed by atoms with Gasteiger partial charge in [-0.15, -0.1) is 11.8 Å². The number of nitrogens with zero attached hydrogens (tertiary/aromatic N) is 1. The Bertz CT molecular complexity index is 1050. The Morgan fingerprint density at radius 2 is 1.97 bits per heavy atom. The van der Waals surface area contributed by atoms with Crippen LogP contribution in [-0.4, -0.2) is 45.8 Å². The number of carbonyl (C=O) groups excluding carboxylic acids is 3. The standard InChI is InChI=1S/C23H21NO4S/c1-23-9-8-21(26)24(23)19(13-29-23)22(27)28-12-20(25)16-7-6-15-10-14-4-2-3-5-17(14)18(15)11-16/h2-7,11,19H,8-10,12-13H2,1H3/t19-,23+/m1/s1. The first-order chi connectivity index (χ1) is 14.0. The van der Waals surface area contributed by atoms with Crippen molar-refractivity contribution in [2.45, 2.75) is 37.1 Å². The summed E-state index contributed by atoms with van der Waals surface area (Å²) in [6.07, 6.45) is 2.08. The largest absolute Gasteiger partial charge is 0.456 e. The highest BCUT2D eigenvalue weighted by Crippen LogP contribution is 2.47. The molecule has 2 saturated heterocycles. The molecule has 1 amide bonds. The van der Waals surface area contributed by atoms with Crippen molar-refractivity contribution in [1.29, 1.82) is 0 Å². The number of ether oxygens (including phenoxy) is 1. The summed E-state index contributed by atoms with van der Waals surface area (Å²) in [6.45, 7) is 1.68. The fraction of sp³-hybridized carbons (Fsp3) is 0.348. The molecule has 2 atom stereocenters. The summed E-state index contributed by atoms with van der Waals surface area (Å²) in [5.41, 5.74) is 5.23. The zero-order chi connectivity index (χ0) is 20.2. The summed E-state index contributed by atoms with van der Waals surface area (Å²) in [7, 11) is 0. The van der Waals surface area contributed by atoms with E-state index >= 15 is 0 Å². The molecule has 0 spiro atoms. The average Bonchev–Trinajstić information content (AvgIpc) is 3.36. The number of Topliss-reactive ketones (excluding diaryl/α,β-unsaturated/α-hetero) is 1. The molecule has 2 fully saturated rings. The molecule has 2 aromatic rings. The van der Waals surface area contributed by atoms with Gasteiger partial charge < -0.3 is 9.64 Å². The van der Waals surface area contributed by atoms with Gasteiger partial charge in [0.15, 0.2) is 12.4 Å². The zero-order valence-corrected chi connectivity index (χ0v) is 17.0. The van der Waals surface area contributed by atoms with E-state index in [4.69, 9.17) is 4.74 Å². The molecule has 0 unspecified atom stereocenters. The molecule has 2 aromatic carbocycles. The van der Waals surface area contributed by atoms with Gasteiger partial charge in [-0.05, 0) is 48.1 Å². The molecule has 148 valence electrons. The van der Waals surface area contributed by atoms with Gasteiger partial charge in [0, 0.05) is 17.7 Å². The summed E-state index contributed by atoms with van der Waals surface area (Å²) in [5.74, 6) is -0.212. The highest BCUT2D eigenvalue weighted by molar-refractivity contribution is 8.01. The summed E-state index contributed by atoms with van der Waals surface area (Å²) in [5, 5.41) is 0. The van der Waals surface area contributed by atoms with Crippen molar-refractivity contribution in [1.82, 2.24) is 4.90 Å². The predicted octanol–water partition coefficient (Wildman–Crippen LogP) is 3.44. The second-order valence-corrected chi connectivity index (χ2v) is 9.50. The number of amides is 1. The highest BCUT2D eigenvalue weighted by atomic mass is 32.2. The van der Waals surface area contributed by atoms with Crippen LogP contribution in [0.25, 0.3) is 11.1 Å². The lowest BCUT2D eigenvalue weighted by atomic mass is 10.0. The number of thioether (sulfide) groups is 1. The van der Waals surface area contributed by atoms with Crippen molar-refractivity contribution in [2.24, 2.45) is 0 Å². The van der Waals surface area contributed by atoms with Crippen LogP contribution < -0.4 is 0 Å². The number of hydrogen-bond donors (Lipinski definition) is 0. The van der Waals surface area contributed by atoms with Gasteiger partial charge in [0.05, 0.1) is 4.87 Å². The maximum atomic E-state index is 12.7. The molecule has 5 rings (SSSR count). The number of ketones is 1. The summed E-state index contributed by atoms with van der Waals surface area (Å²) in [4.78, 5) is 38.8. The van der Waals surface area contributed by atoms with Crippen LogP contribution in [0, 0.1) is 0 Å². The van der Waals surface area contributed by atoms with Crippen LogP contribution in [0.15, 0.2) is 42.5 Å². The summed E-state index contributed by atoms with van der Waals surface area (Å²) >= 11 is 1.61. The third-order valence-electron chi connectivity index (χ3n) is 6.18. The van der Waals surface area contributed by atoms with Gasteiger partial charge >= 0.3 is 5.97 Å². The lowest BCUT2D eigenvalue weighted by molar-refractivity contribution is -0.152. The molecule has 3 aliphatic rings. The van der Waals surface area contributed by atoms with E-state index in [1.807, 2.05) is 31.2 Å². The topological polar surface area (TPSA) is 63.7 Å². The third kappa shape index (κ3) is 2.97. The quantitative estimate of drug-likeness (QED) is 0.490. The maximum absolute atomic E-state index is 12.7. The monoisotopic (exact) mass is 407 g/mol. The Labute approximate surface area is 173 Å². The molecule has 0 aromatic heterocycles. The second kappa shape index (κ2) is 6.73. The van der Waals surface area contributed by atoms with E-state index in [1.165, 1.54) is 11.1 Å². The smallest absolute Gasteiger partial charge is 0.330 e. The Hall–Kier alpha value is -2.60. The molecule has 0 radical (unpaired) electrons. The molecule has 5 nitrogen and oxygen atoms in total. The van der Waals surface area contributed by atoms with Gasteiger partial charge in [0.25, 0.3) is 0 Å². The van der Waals surface area contributed by atoms with Crippen molar-refractivity contribution in [3.05, 3.63) is 59.2 Å². The van der Waals surface area contributed by atoms with E-state index in [0.717, 1.165) is 24.0 Å². The third-order valence-corrected chi connectivity index (χ3v) is 7.69. The molecule has 6 heteroatoms. The minimum Gasteiger partial charge on any atom is -0.456 e. The Kier molecular flexibility index (Phi) is 4.28. The van der Waals surface area contributed by atoms with Crippen LogP contribution in [0.1, 0.15) is 41.3 Å². The lowest BCUT2D eigenvalue weighted by Crippen LogP contribution is -2.46. The van der Waals surface area contributed by atoms with E-state index in [0.29, 0.717) is 17.7 Å². The zero-order valence-electron chi connectivity index (χ0n) is 16.1. The summed E-state index contributed by atoms with van der Waals surface area (Å²) in [6, 6.07) is 13.3. The average molecular weight is 407 g/mol. The normalized spacial score (nSPS) is 24.2. The van der Waals surface area contributed by atoms with Crippen molar-refractivity contribution >= 4 is 29.4 Å². The molecular formula is C23H21NO4S. The number of rotatable bonds is 4.